The van der Waals surface area contributed by atoms with E-state index < -0.39 is 21.9 Å². The van der Waals surface area contributed by atoms with E-state index in [1.165, 1.54) is 11.3 Å². The van der Waals surface area contributed by atoms with Gasteiger partial charge in [-0.25, -0.2) is 28.1 Å². The zero-order valence-corrected chi connectivity index (χ0v) is 16.9. The lowest BCUT2D eigenvalue weighted by Gasteiger charge is -2.10. The molecule has 0 amide bonds. The number of nitrogens with zero attached hydrogens (tertiary/aromatic N) is 3. The van der Waals surface area contributed by atoms with Crippen molar-refractivity contribution in [2.45, 2.75) is 19.6 Å². The van der Waals surface area contributed by atoms with Gasteiger partial charge < -0.3 is 5.32 Å². The van der Waals surface area contributed by atoms with Gasteiger partial charge in [0.15, 0.2) is 0 Å². The topological polar surface area (TPSA) is 96.9 Å². The third-order valence-electron chi connectivity index (χ3n) is 3.60. The van der Waals surface area contributed by atoms with E-state index in [-0.39, 0.29) is 12.5 Å². The number of sulfonamides is 1. The van der Waals surface area contributed by atoms with Gasteiger partial charge in [-0.1, -0.05) is 6.07 Å². The number of alkyl halides is 3. The van der Waals surface area contributed by atoms with Gasteiger partial charge in [-0.05, 0) is 36.2 Å². The summed E-state index contributed by atoms with van der Waals surface area (Å²) in [4.78, 5) is 12.3. The lowest BCUT2D eigenvalue weighted by atomic mass is 10.1. The zero-order chi connectivity index (χ0) is 21.2. The maximum atomic E-state index is 12.8. The summed E-state index contributed by atoms with van der Waals surface area (Å²) in [5.74, 6) is -0.168. The monoisotopic (exact) mass is 443 g/mol. The summed E-state index contributed by atoms with van der Waals surface area (Å²) < 4.78 is 63.3. The number of hydrogen-bond donors (Lipinski definition) is 2. The Morgan fingerprint density at radius 2 is 1.93 bits per heavy atom. The highest BCUT2D eigenvalue weighted by molar-refractivity contribution is 7.88. The summed E-state index contributed by atoms with van der Waals surface area (Å²) in [6.45, 7) is 1.92. The van der Waals surface area contributed by atoms with Crippen LogP contribution >= 0.6 is 11.3 Å². The summed E-state index contributed by atoms with van der Waals surface area (Å²) >= 11 is 1.31. The van der Waals surface area contributed by atoms with Crippen LogP contribution in [0.2, 0.25) is 0 Å². The van der Waals surface area contributed by atoms with Gasteiger partial charge in [0.1, 0.15) is 10.7 Å². The Morgan fingerprint density at radius 1 is 1.17 bits per heavy atom. The summed E-state index contributed by atoms with van der Waals surface area (Å²) in [5, 5.41) is 3.38. The number of halogens is 3. The number of benzene rings is 1. The normalized spacial score (nSPS) is 12.2. The Kier molecular flexibility index (Phi) is 5.87. The number of aryl methyl sites for hydroxylation is 1. The maximum Gasteiger partial charge on any atom is 0.433 e. The van der Waals surface area contributed by atoms with Crippen LogP contribution in [-0.2, 0) is 22.7 Å². The van der Waals surface area contributed by atoms with Gasteiger partial charge in [0.05, 0.1) is 17.7 Å². The Hall–Kier alpha value is -2.57. The number of nitrogens with one attached hydrogen (secondary N) is 2. The molecule has 0 aliphatic rings. The summed E-state index contributed by atoms with van der Waals surface area (Å²) in [6, 6.07) is 6.17. The van der Waals surface area contributed by atoms with Crippen molar-refractivity contribution in [3.05, 3.63) is 52.9 Å². The molecule has 1 aromatic carbocycles. The van der Waals surface area contributed by atoms with Crippen LogP contribution in [0.4, 0.5) is 24.8 Å². The minimum absolute atomic E-state index is 0.0818. The van der Waals surface area contributed by atoms with Crippen LogP contribution in [0.1, 0.15) is 16.3 Å². The number of hydrogen-bond acceptors (Lipinski definition) is 7. The zero-order valence-electron chi connectivity index (χ0n) is 15.3. The van der Waals surface area contributed by atoms with Gasteiger partial charge in [-0.15, -0.1) is 11.3 Å². The minimum Gasteiger partial charge on any atom is -0.324 e. The van der Waals surface area contributed by atoms with Crippen LogP contribution < -0.4 is 10.0 Å². The molecule has 0 saturated carbocycles. The van der Waals surface area contributed by atoms with Gasteiger partial charge in [0.2, 0.25) is 16.0 Å². The SMILES string of the molecule is Cc1cc(Nc2nccc(C(F)(F)F)n2)cc(-c2cnc(CNS(C)(=O)=O)s2)c1. The van der Waals surface area contributed by atoms with Gasteiger partial charge >= 0.3 is 6.18 Å². The molecule has 7 nitrogen and oxygen atoms in total. The van der Waals surface area contributed by atoms with Crippen molar-refractivity contribution >= 4 is 33.0 Å². The van der Waals surface area contributed by atoms with E-state index in [1.807, 2.05) is 13.0 Å². The molecule has 0 saturated heterocycles. The van der Waals surface area contributed by atoms with E-state index >= 15 is 0 Å². The smallest absolute Gasteiger partial charge is 0.324 e. The Labute approximate surface area is 169 Å². The second kappa shape index (κ2) is 8.05. The van der Waals surface area contributed by atoms with Crippen molar-refractivity contribution in [2.75, 3.05) is 11.6 Å². The van der Waals surface area contributed by atoms with Crippen LogP contribution in [0.15, 0.2) is 36.7 Å². The molecule has 0 radical (unpaired) electrons. The van der Waals surface area contributed by atoms with Gasteiger partial charge in [-0.3, -0.25) is 0 Å². The van der Waals surface area contributed by atoms with Crippen LogP contribution in [-0.4, -0.2) is 29.6 Å². The molecule has 12 heteroatoms. The summed E-state index contributed by atoms with van der Waals surface area (Å²) in [7, 11) is -3.33. The molecule has 2 heterocycles. The lowest BCUT2D eigenvalue weighted by Crippen LogP contribution is -2.20. The second-order valence-corrected chi connectivity index (χ2v) is 9.14. The van der Waals surface area contributed by atoms with Crippen molar-refractivity contribution in [3.63, 3.8) is 0 Å². The molecule has 29 heavy (non-hydrogen) atoms. The summed E-state index contributed by atoms with van der Waals surface area (Å²) in [5.41, 5.74) is 1.13. The second-order valence-electron chi connectivity index (χ2n) is 6.19. The minimum atomic E-state index is -4.56. The summed E-state index contributed by atoms with van der Waals surface area (Å²) in [6.07, 6.45) is -0.839. The van der Waals surface area contributed by atoms with Crippen LogP contribution in [0, 0.1) is 6.92 Å². The molecule has 0 fully saturated rings. The molecule has 3 rings (SSSR count). The Bertz CT molecular complexity index is 1130. The van der Waals surface area contributed by atoms with Crippen molar-refractivity contribution < 1.29 is 21.6 Å². The highest BCUT2D eigenvalue weighted by atomic mass is 32.2. The number of aromatic nitrogens is 3. The van der Waals surface area contributed by atoms with Crippen molar-refractivity contribution in [1.82, 2.24) is 19.7 Å². The van der Waals surface area contributed by atoms with Crippen molar-refractivity contribution in [2.24, 2.45) is 0 Å². The average molecular weight is 443 g/mol. The standard InChI is InChI=1S/C17H16F3N5O2S2/c1-10-5-11(13-8-22-15(28-13)9-23-29(2,26)27)7-12(6-10)24-16-21-4-3-14(25-16)17(18,19)20/h3-8,23H,9H2,1-2H3,(H,21,24,25). The van der Waals surface area contributed by atoms with Gasteiger partial charge in [0, 0.05) is 18.1 Å². The Balaban J connectivity index is 1.83. The van der Waals surface area contributed by atoms with E-state index in [1.54, 1.807) is 18.3 Å². The molecule has 2 aromatic heterocycles. The third kappa shape index (κ3) is 5.95. The van der Waals surface area contributed by atoms with Crippen molar-refractivity contribution in [1.29, 1.82) is 0 Å². The van der Waals surface area contributed by atoms with Crippen LogP contribution in [0.25, 0.3) is 10.4 Å². The molecule has 154 valence electrons. The molecule has 3 aromatic rings. The fourth-order valence-electron chi connectivity index (χ4n) is 2.42. The average Bonchev–Trinajstić information content (AvgIpc) is 3.08. The number of rotatable bonds is 6. The van der Waals surface area contributed by atoms with Gasteiger partial charge in [0.25, 0.3) is 0 Å². The van der Waals surface area contributed by atoms with E-state index in [0.717, 1.165) is 34.5 Å². The van der Waals surface area contributed by atoms with E-state index in [9.17, 15) is 21.6 Å². The van der Waals surface area contributed by atoms with Gasteiger partial charge in [-0.2, -0.15) is 13.2 Å². The predicted octanol–water partition coefficient (Wildman–Crippen LogP) is 3.72. The quantitative estimate of drug-likeness (QED) is 0.603. The largest absolute Gasteiger partial charge is 0.433 e. The first-order chi connectivity index (χ1) is 13.5. The lowest BCUT2D eigenvalue weighted by molar-refractivity contribution is -0.141. The highest BCUT2D eigenvalue weighted by Gasteiger charge is 2.32. The van der Waals surface area contributed by atoms with Crippen LogP contribution in [0.5, 0.6) is 0 Å². The fraction of sp³-hybridized carbons (Fsp3) is 0.235. The first-order valence-corrected chi connectivity index (χ1v) is 10.9. The molecule has 2 N–H and O–H groups in total. The molecule has 0 unspecified atom stereocenters. The Morgan fingerprint density at radius 3 is 2.62 bits per heavy atom. The molecule has 0 spiro atoms. The highest BCUT2D eigenvalue weighted by Crippen LogP contribution is 2.31. The fourth-order valence-corrected chi connectivity index (χ4v) is 3.76. The first kappa shape index (κ1) is 21.1. The molecule has 0 bridgehead atoms. The molecular weight excluding hydrogens is 427 g/mol. The van der Waals surface area contributed by atoms with E-state index in [4.69, 9.17) is 0 Å². The van der Waals surface area contributed by atoms with E-state index in [0.29, 0.717) is 10.7 Å². The van der Waals surface area contributed by atoms with E-state index in [2.05, 4.69) is 25.0 Å². The maximum absolute atomic E-state index is 12.8. The number of thiazole rings is 1. The van der Waals surface area contributed by atoms with Crippen LogP contribution in [0.3, 0.4) is 0 Å². The predicted molar refractivity (Wildman–Crippen MR) is 104 cm³/mol. The first-order valence-electron chi connectivity index (χ1n) is 8.18. The molecular formula is C17H16F3N5O2S2. The molecule has 0 aliphatic heterocycles. The molecule has 0 atom stereocenters. The third-order valence-corrected chi connectivity index (χ3v) is 5.32. The van der Waals surface area contributed by atoms with Crippen molar-refractivity contribution in [3.8, 4) is 10.4 Å². The molecule has 0 aliphatic carbocycles. The number of anilines is 2.